The van der Waals surface area contributed by atoms with Gasteiger partial charge in [-0.05, 0) is 51.4 Å². The lowest BCUT2D eigenvalue weighted by molar-refractivity contribution is 0.0669. The van der Waals surface area contributed by atoms with Gasteiger partial charge in [-0.25, -0.2) is 4.98 Å². The highest BCUT2D eigenvalue weighted by atomic mass is 32.1. The first-order valence-corrected chi connectivity index (χ1v) is 9.06. The molecule has 5 nitrogen and oxygen atoms in total. The number of hydrogen-bond acceptors (Lipinski definition) is 5. The second kappa shape index (κ2) is 6.09. The molecule has 0 aromatic carbocycles. The topological polar surface area (TPSA) is 49.6 Å². The number of nitrogens with zero attached hydrogens (tertiary/aromatic N) is 3. The smallest absolute Gasteiger partial charge is 0.265 e. The molecular formula is C17H21N3O2S. The Kier molecular flexibility index (Phi) is 3.95. The second-order valence-electron chi connectivity index (χ2n) is 6.41. The monoisotopic (exact) mass is 331 g/mol. The van der Waals surface area contributed by atoms with E-state index in [2.05, 4.69) is 21.8 Å². The lowest BCUT2D eigenvalue weighted by atomic mass is 10.0. The maximum Gasteiger partial charge on any atom is 0.265 e. The third kappa shape index (κ3) is 2.70. The van der Waals surface area contributed by atoms with Gasteiger partial charge in [0.25, 0.3) is 5.91 Å². The molecule has 2 atom stereocenters. The standard InChI is InChI=1S/C17H21N3O2S/c1-19-8-2-5-12(19)13-6-3-9-20(13)17(21)15-11-18-16(23-15)14-7-4-10-22-14/h4,7,10-13H,2-3,5-6,8-9H2,1H3/t12-,13+/m1/s1. The highest BCUT2D eigenvalue weighted by Gasteiger charge is 2.39. The van der Waals surface area contributed by atoms with Gasteiger partial charge in [0, 0.05) is 18.6 Å². The van der Waals surface area contributed by atoms with Crippen LogP contribution in [0.25, 0.3) is 10.8 Å². The molecule has 4 heterocycles. The molecule has 0 saturated carbocycles. The minimum atomic E-state index is 0.128. The predicted molar refractivity (Wildman–Crippen MR) is 89.5 cm³/mol. The molecule has 0 aliphatic carbocycles. The van der Waals surface area contributed by atoms with Crippen LogP contribution in [-0.2, 0) is 0 Å². The van der Waals surface area contributed by atoms with Gasteiger partial charge in [0.15, 0.2) is 10.8 Å². The summed E-state index contributed by atoms with van der Waals surface area (Å²) >= 11 is 1.42. The van der Waals surface area contributed by atoms with Gasteiger partial charge in [0.1, 0.15) is 4.88 Å². The normalized spacial score (nSPS) is 25.3. The molecule has 6 heteroatoms. The van der Waals surface area contributed by atoms with E-state index in [1.807, 2.05) is 12.1 Å². The number of hydrogen-bond donors (Lipinski definition) is 0. The molecule has 2 aliphatic heterocycles. The van der Waals surface area contributed by atoms with Crippen molar-refractivity contribution in [2.75, 3.05) is 20.1 Å². The van der Waals surface area contributed by atoms with Crippen molar-refractivity contribution in [3.05, 3.63) is 29.5 Å². The Hall–Kier alpha value is -1.66. The van der Waals surface area contributed by atoms with Crippen molar-refractivity contribution in [3.63, 3.8) is 0 Å². The maximum atomic E-state index is 13.0. The molecule has 2 aromatic heterocycles. The molecule has 0 spiro atoms. The first-order chi connectivity index (χ1) is 11.2. The highest BCUT2D eigenvalue weighted by Crippen LogP contribution is 2.32. The summed E-state index contributed by atoms with van der Waals surface area (Å²) in [5.74, 6) is 0.852. The summed E-state index contributed by atoms with van der Waals surface area (Å²) in [5.41, 5.74) is 0. The van der Waals surface area contributed by atoms with Gasteiger partial charge in [0.05, 0.1) is 12.5 Å². The van der Waals surface area contributed by atoms with E-state index in [1.165, 1.54) is 24.2 Å². The molecule has 2 aliphatic rings. The molecule has 23 heavy (non-hydrogen) atoms. The van der Waals surface area contributed by atoms with Gasteiger partial charge < -0.3 is 14.2 Å². The lowest BCUT2D eigenvalue weighted by Crippen LogP contribution is -2.46. The van der Waals surface area contributed by atoms with Crippen LogP contribution in [0.15, 0.2) is 29.0 Å². The zero-order chi connectivity index (χ0) is 15.8. The summed E-state index contributed by atoms with van der Waals surface area (Å²) in [4.78, 5) is 22.5. The molecule has 0 unspecified atom stereocenters. The van der Waals surface area contributed by atoms with Crippen LogP contribution >= 0.6 is 11.3 Å². The molecule has 2 fully saturated rings. The fourth-order valence-corrected chi connectivity index (χ4v) is 4.74. The number of carbonyl (C=O) groups excluding carboxylic acids is 1. The number of thiazole rings is 1. The third-order valence-electron chi connectivity index (χ3n) is 5.03. The minimum absolute atomic E-state index is 0.128. The Morgan fingerprint density at radius 3 is 2.87 bits per heavy atom. The van der Waals surface area contributed by atoms with Crippen molar-refractivity contribution in [2.45, 2.75) is 37.8 Å². The summed E-state index contributed by atoms with van der Waals surface area (Å²) in [6.07, 6.45) is 7.98. The van der Waals surface area contributed by atoms with Gasteiger partial charge in [-0.3, -0.25) is 4.79 Å². The Bertz CT molecular complexity index is 682. The SMILES string of the molecule is CN1CCC[C@@H]1[C@@H]1CCCN1C(=O)c1cnc(-c2ccco2)s1. The van der Waals surface area contributed by atoms with Gasteiger partial charge >= 0.3 is 0 Å². The summed E-state index contributed by atoms with van der Waals surface area (Å²) in [6.45, 7) is 2.01. The maximum absolute atomic E-state index is 13.0. The second-order valence-corrected chi connectivity index (χ2v) is 7.44. The molecular weight excluding hydrogens is 310 g/mol. The van der Waals surface area contributed by atoms with Gasteiger partial charge in [-0.2, -0.15) is 0 Å². The number of amides is 1. The Labute approximate surface area is 139 Å². The lowest BCUT2D eigenvalue weighted by Gasteiger charge is -2.33. The highest BCUT2D eigenvalue weighted by molar-refractivity contribution is 7.16. The Balaban J connectivity index is 1.54. The van der Waals surface area contributed by atoms with Crippen molar-refractivity contribution >= 4 is 17.2 Å². The van der Waals surface area contributed by atoms with Crippen LogP contribution in [0.2, 0.25) is 0 Å². The van der Waals surface area contributed by atoms with Crippen LogP contribution in [0, 0.1) is 0 Å². The average molecular weight is 331 g/mol. The van der Waals surface area contributed by atoms with E-state index in [0.717, 1.165) is 36.7 Å². The summed E-state index contributed by atoms with van der Waals surface area (Å²) in [6, 6.07) is 4.58. The van der Waals surface area contributed by atoms with E-state index in [9.17, 15) is 4.79 Å². The summed E-state index contributed by atoms with van der Waals surface area (Å²) < 4.78 is 5.37. The van der Waals surface area contributed by atoms with Crippen molar-refractivity contribution < 1.29 is 9.21 Å². The van der Waals surface area contributed by atoms with E-state index in [4.69, 9.17) is 4.42 Å². The number of likely N-dealkylation sites (N-methyl/N-ethyl adjacent to an activating group) is 1. The van der Waals surface area contributed by atoms with Crippen molar-refractivity contribution in [3.8, 4) is 10.8 Å². The molecule has 4 rings (SSSR count). The molecule has 2 saturated heterocycles. The van der Waals surface area contributed by atoms with Crippen LogP contribution in [0.4, 0.5) is 0 Å². The van der Waals surface area contributed by atoms with Crippen molar-refractivity contribution in [1.82, 2.24) is 14.8 Å². The summed E-state index contributed by atoms with van der Waals surface area (Å²) in [5, 5.41) is 0.770. The number of rotatable bonds is 3. The average Bonchev–Trinajstić information content (AvgIpc) is 3.31. The van der Waals surface area contributed by atoms with Gasteiger partial charge in [-0.1, -0.05) is 0 Å². The zero-order valence-electron chi connectivity index (χ0n) is 13.3. The minimum Gasteiger partial charge on any atom is -0.462 e. The Morgan fingerprint density at radius 1 is 1.30 bits per heavy atom. The third-order valence-corrected chi connectivity index (χ3v) is 6.03. The van der Waals surface area contributed by atoms with Crippen LogP contribution in [-0.4, -0.2) is 52.9 Å². The first-order valence-electron chi connectivity index (χ1n) is 8.25. The largest absolute Gasteiger partial charge is 0.462 e. The van der Waals surface area contributed by atoms with E-state index in [1.54, 1.807) is 12.5 Å². The van der Waals surface area contributed by atoms with Crippen molar-refractivity contribution in [2.24, 2.45) is 0 Å². The quantitative estimate of drug-likeness (QED) is 0.867. The van der Waals surface area contributed by atoms with E-state index in [0.29, 0.717) is 17.0 Å². The molecule has 0 radical (unpaired) electrons. The number of likely N-dealkylation sites (tertiary alicyclic amines) is 2. The molecule has 1 amide bonds. The number of aromatic nitrogens is 1. The van der Waals surface area contributed by atoms with E-state index in [-0.39, 0.29) is 5.91 Å². The summed E-state index contributed by atoms with van der Waals surface area (Å²) in [7, 11) is 2.18. The molecule has 0 N–H and O–H groups in total. The molecule has 0 bridgehead atoms. The fourth-order valence-electron chi connectivity index (χ4n) is 3.90. The van der Waals surface area contributed by atoms with Crippen LogP contribution in [0.5, 0.6) is 0 Å². The van der Waals surface area contributed by atoms with Crippen LogP contribution in [0.3, 0.4) is 0 Å². The number of carbonyl (C=O) groups is 1. The van der Waals surface area contributed by atoms with Crippen LogP contribution in [0.1, 0.15) is 35.4 Å². The van der Waals surface area contributed by atoms with Crippen LogP contribution < -0.4 is 0 Å². The van der Waals surface area contributed by atoms with Gasteiger partial charge in [0.2, 0.25) is 0 Å². The molecule has 2 aromatic rings. The van der Waals surface area contributed by atoms with E-state index >= 15 is 0 Å². The van der Waals surface area contributed by atoms with E-state index < -0.39 is 0 Å². The fraction of sp³-hybridized carbons (Fsp3) is 0.529. The van der Waals surface area contributed by atoms with Gasteiger partial charge in [-0.15, -0.1) is 11.3 Å². The first kappa shape index (κ1) is 14.9. The zero-order valence-corrected chi connectivity index (χ0v) is 14.1. The molecule has 122 valence electrons. The number of furan rings is 1. The Morgan fingerprint density at radius 2 is 2.13 bits per heavy atom. The predicted octanol–water partition coefficient (Wildman–Crippen LogP) is 3.10. The van der Waals surface area contributed by atoms with Crippen molar-refractivity contribution in [1.29, 1.82) is 0 Å².